The molecule has 0 saturated carbocycles. The molecule has 254 valence electrons. The Morgan fingerprint density at radius 1 is 0.352 bits per heavy atom. The van der Waals surface area contributed by atoms with Crippen molar-refractivity contribution in [2.45, 2.75) is 0 Å². The van der Waals surface area contributed by atoms with Crippen LogP contribution in [-0.2, 0) is 0 Å². The van der Waals surface area contributed by atoms with E-state index in [4.69, 9.17) is 4.42 Å². The number of para-hydroxylation sites is 5. The van der Waals surface area contributed by atoms with Gasteiger partial charge in [0.05, 0.1) is 11.0 Å². The molecule has 0 unspecified atom stereocenters. The minimum Gasteiger partial charge on any atom is -0.456 e. The summed E-state index contributed by atoms with van der Waals surface area (Å²) >= 11 is 0. The van der Waals surface area contributed by atoms with Crippen LogP contribution < -0.4 is 4.90 Å². The van der Waals surface area contributed by atoms with Crippen LogP contribution in [0.3, 0.4) is 0 Å². The third-order valence-corrected chi connectivity index (χ3v) is 10.7. The molecule has 0 atom stereocenters. The molecule has 0 fully saturated rings. The molecule has 0 spiro atoms. The summed E-state index contributed by atoms with van der Waals surface area (Å²) in [5, 5.41) is 5.95. The van der Waals surface area contributed by atoms with Gasteiger partial charge in [-0.05, 0) is 102 Å². The van der Waals surface area contributed by atoms with E-state index in [1.54, 1.807) is 0 Å². The van der Waals surface area contributed by atoms with Gasteiger partial charge in [-0.1, -0.05) is 109 Å². The zero-order chi connectivity index (χ0) is 35.6. The molecule has 54 heavy (non-hydrogen) atoms. The van der Waals surface area contributed by atoms with Gasteiger partial charge in [0.25, 0.3) is 0 Å². The van der Waals surface area contributed by atoms with E-state index in [0.717, 1.165) is 61.6 Å². The van der Waals surface area contributed by atoms with E-state index in [1.807, 2.05) is 12.1 Å². The molecule has 0 saturated heterocycles. The molecule has 4 nitrogen and oxygen atoms in total. The standard InChI is InChI=1S/C50H33N3O/c1-4-14-36(15-5-1)51(40-29-31-48-43(33-40)41-20-11-13-23-47(41)54-48)39-27-24-34(25-28-39)35-26-30-46-44(32-35)49-42-21-10-12-22-45(42)52(37-16-6-2-7-17-37)50(49)53(46)38-18-8-3-9-19-38/h1-33H. The SMILES string of the molecule is c1ccc(N(c2ccc(-c3ccc4c(c3)c3c5ccccc5n(-c5ccccc5)c3n4-c3ccccc3)cc2)c2ccc3oc4ccccc4c3c2)cc1. The maximum absolute atomic E-state index is 6.17. The van der Waals surface area contributed by atoms with E-state index >= 15 is 0 Å². The van der Waals surface area contributed by atoms with Crippen molar-refractivity contribution in [1.82, 2.24) is 9.13 Å². The van der Waals surface area contributed by atoms with E-state index in [9.17, 15) is 0 Å². The summed E-state index contributed by atoms with van der Waals surface area (Å²) in [4.78, 5) is 2.32. The summed E-state index contributed by atoms with van der Waals surface area (Å²) in [7, 11) is 0. The maximum atomic E-state index is 6.17. The number of benzene rings is 8. The molecular weight excluding hydrogens is 659 g/mol. The predicted molar refractivity (Wildman–Crippen MR) is 225 cm³/mol. The van der Waals surface area contributed by atoms with Gasteiger partial charge in [0.15, 0.2) is 0 Å². The molecule has 4 heteroatoms. The number of furan rings is 1. The predicted octanol–water partition coefficient (Wildman–Crippen LogP) is 13.8. The normalized spacial score (nSPS) is 11.7. The molecule has 8 aromatic carbocycles. The topological polar surface area (TPSA) is 26.2 Å². The molecular formula is C50H33N3O. The fourth-order valence-electron chi connectivity index (χ4n) is 8.29. The van der Waals surface area contributed by atoms with Crippen molar-refractivity contribution in [2.24, 2.45) is 0 Å². The van der Waals surface area contributed by atoms with Gasteiger partial charge in [-0.25, -0.2) is 0 Å². The molecule has 0 aliphatic carbocycles. The maximum Gasteiger partial charge on any atom is 0.135 e. The van der Waals surface area contributed by atoms with Crippen molar-refractivity contribution in [3.8, 4) is 22.5 Å². The molecule has 0 radical (unpaired) electrons. The summed E-state index contributed by atoms with van der Waals surface area (Å²) < 4.78 is 11.0. The lowest BCUT2D eigenvalue weighted by atomic mass is 10.0. The minimum atomic E-state index is 0.890. The number of hydrogen-bond donors (Lipinski definition) is 0. The Hall–Kier alpha value is -7.30. The van der Waals surface area contributed by atoms with Gasteiger partial charge in [0, 0.05) is 55.4 Å². The van der Waals surface area contributed by atoms with E-state index in [0.29, 0.717) is 0 Å². The van der Waals surface area contributed by atoms with Gasteiger partial charge in [-0.15, -0.1) is 0 Å². The molecule has 0 N–H and O–H groups in total. The van der Waals surface area contributed by atoms with Crippen LogP contribution >= 0.6 is 0 Å². The summed E-state index contributed by atoms with van der Waals surface area (Å²) in [6.07, 6.45) is 0. The second-order valence-corrected chi connectivity index (χ2v) is 13.8. The van der Waals surface area contributed by atoms with E-state index in [2.05, 4.69) is 202 Å². The quantitative estimate of drug-likeness (QED) is 0.173. The highest BCUT2D eigenvalue weighted by Crippen LogP contribution is 2.43. The average molecular weight is 692 g/mol. The Morgan fingerprint density at radius 3 is 1.61 bits per heavy atom. The highest BCUT2D eigenvalue weighted by molar-refractivity contribution is 6.23. The third kappa shape index (κ3) is 4.70. The lowest BCUT2D eigenvalue weighted by Crippen LogP contribution is -2.09. The lowest BCUT2D eigenvalue weighted by molar-refractivity contribution is 0.669. The van der Waals surface area contributed by atoms with Gasteiger partial charge in [-0.3, -0.25) is 9.13 Å². The van der Waals surface area contributed by atoms with Crippen LogP contribution in [0.2, 0.25) is 0 Å². The summed E-state index contributed by atoms with van der Waals surface area (Å²) in [6.45, 7) is 0. The Bertz CT molecular complexity index is 3140. The molecule has 3 heterocycles. The van der Waals surface area contributed by atoms with Crippen molar-refractivity contribution in [1.29, 1.82) is 0 Å². The van der Waals surface area contributed by atoms with Crippen molar-refractivity contribution in [3.05, 3.63) is 200 Å². The third-order valence-electron chi connectivity index (χ3n) is 10.7. The summed E-state index contributed by atoms with van der Waals surface area (Å²) in [5.74, 6) is 0. The minimum absolute atomic E-state index is 0.890. The van der Waals surface area contributed by atoms with Crippen molar-refractivity contribution >= 4 is 71.8 Å². The van der Waals surface area contributed by atoms with Gasteiger partial charge in [0.2, 0.25) is 0 Å². The first-order valence-corrected chi connectivity index (χ1v) is 18.4. The summed E-state index contributed by atoms with van der Waals surface area (Å²) in [6, 6.07) is 71.4. The number of fused-ring (bicyclic) bond motifs is 8. The number of rotatable bonds is 6. The highest BCUT2D eigenvalue weighted by atomic mass is 16.3. The van der Waals surface area contributed by atoms with Crippen molar-refractivity contribution in [3.63, 3.8) is 0 Å². The van der Waals surface area contributed by atoms with Crippen LogP contribution in [-0.4, -0.2) is 9.13 Å². The van der Waals surface area contributed by atoms with Crippen LogP contribution in [0.4, 0.5) is 17.1 Å². The van der Waals surface area contributed by atoms with Crippen molar-refractivity contribution in [2.75, 3.05) is 4.90 Å². The Labute approximate surface area is 312 Å². The van der Waals surface area contributed by atoms with E-state index < -0.39 is 0 Å². The lowest BCUT2D eigenvalue weighted by Gasteiger charge is -2.25. The fraction of sp³-hybridized carbons (Fsp3) is 0. The second-order valence-electron chi connectivity index (χ2n) is 13.8. The largest absolute Gasteiger partial charge is 0.456 e. The molecule has 11 rings (SSSR count). The zero-order valence-corrected chi connectivity index (χ0v) is 29.3. The van der Waals surface area contributed by atoms with Crippen LogP contribution in [0.25, 0.3) is 77.3 Å². The summed E-state index contributed by atoms with van der Waals surface area (Å²) in [5.41, 5.74) is 13.2. The van der Waals surface area contributed by atoms with Gasteiger partial charge in [0.1, 0.15) is 16.8 Å². The number of anilines is 3. The zero-order valence-electron chi connectivity index (χ0n) is 29.3. The second kappa shape index (κ2) is 12.1. The van der Waals surface area contributed by atoms with Crippen molar-refractivity contribution < 1.29 is 4.42 Å². The van der Waals surface area contributed by atoms with E-state index in [-0.39, 0.29) is 0 Å². The molecule has 0 bridgehead atoms. The Kier molecular flexibility index (Phi) is 6.82. The molecule has 0 amide bonds. The van der Waals surface area contributed by atoms with E-state index in [1.165, 1.54) is 32.8 Å². The number of nitrogens with zero attached hydrogens (tertiary/aromatic N) is 3. The first-order chi connectivity index (χ1) is 26.8. The molecule has 0 aliphatic rings. The van der Waals surface area contributed by atoms with Gasteiger partial charge in [-0.2, -0.15) is 0 Å². The molecule has 11 aromatic rings. The first kappa shape index (κ1) is 30.3. The monoisotopic (exact) mass is 691 g/mol. The van der Waals surface area contributed by atoms with Crippen LogP contribution in [0.5, 0.6) is 0 Å². The van der Waals surface area contributed by atoms with Crippen LogP contribution in [0.15, 0.2) is 205 Å². The first-order valence-electron chi connectivity index (χ1n) is 18.4. The highest BCUT2D eigenvalue weighted by Gasteiger charge is 2.22. The van der Waals surface area contributed by atoms with Gasteiger partial charge >= 0.3 is 0 Å². The Balaban J connectivity index is 1.08. The molecule has 3 aromatic heterocycles. The van der Waals surface area contributed by atoms with Gasteiger partial charge < -0.3 is 9.32 Å². The number of hydrogen-bond acceptors (Lipinski definition) is 2. The van der Waals surface area contributed by atoms with Crippen LogP contribution in [0, 0.1) is 0 Å². The number of aromatic nitrogens is 2. The smallest absolute Gasteiger partial charge is 0.135 e. The average Bonchev–Trinajstić information content (AvgIpc) is 3.89. The van der Waals surface area contributed by atoms with Crippen LogP contribution in [0.1, 0.15) is 0 Å². The fourth-order valence-corrected chi connectivity index (χ4v) is 8.29. The Morgan fingerprint density at radius 2 is 0.889 bits per heavy atom. The molecule has 0 aliphatic heterocycles.